The molecule has 122 valence electrons. The Morgan fingerprint density at radius 3 is 1.91 bits per heavy atom. The van der Waals surface area contributed by atoms with E-state index in [-0.39, 0.29) is 5.75 Å². The third kappa shape index (κ3) is 8.00. The van der Waals surface area contributed by atoms with E-state index in [2.05, 4.69) is 4.74 Å². The fraction of sp³-hybridized carbons (Fsp3) is 0.0714. The molecule has 0 aromatic heterocycles. The van der Waals surface area contributed by atoms with E-state index in [4.69, 9.17) is 10.0 Å². The molecule has 0 amide bonds. The van der Waals surface area contributed by atoms with Gasteiger partial charge in [0.1, 0.15) is 12.0 Å². The standard InChI is InChI=1S/C7H7BO3.C7H4F3IO/c9-5-6-1-3-7(4-2-6)8(10)11;8-7(9,10)12-6-3-1-5(11)2-4-6/h1-5,10-11H;1-4H. The van der Waals surface area contributed by atoms with Crippen molar-refractivity contribution in [3.8, 4) is 5.75 Å². The SMILES string of the molecule is FC(F)(F)Oc1ccc(I)cc1.O=Cc1ccc(B(O)O)cc1. The second-order valence-electron chi connectivity index (χ2n) is 4.16. The van der Waals surface area contributed by atoms with Crippen LogP contribution in [0.3, 0.4) is 0 Å². The summed E-state index contributed by atoms with van der Waals surface area (Å²) in [5, 5.41) is 17.3. The van der Waals surface area contributed by atoms with Crippen molar-refractivity contribution in [3.63, 3.8) is 0 Å². The predicted octanol–water partition coefficient (Wildman–Crippen LogP) is 2.37. The summed E-state index contributed by atoms with van der Waals surface area (Å²) in [5.41, 5.74) is 0.907. The largest absolute Gasteiger partial charge is 0.573 e. The predicted molar refractivity (Wildman–Crippen MR) is 87.5 cm³/mol. The van der Waals surface area contributed by atoms with Gasteiger partial charge in [0.25, 0.3) is 0 Å². The lowest BCUT2D eigenvalue weighted by atomic mass is 9.80. The molecule has 0 unspecified atom stereocenters. The first-order chi connectivity index (χ1) is 10.7. The number of rotatable bonds is 3. The maximum atomic E-state index is 11.6. The summed E-state index contributed by atoms with van der Waals surface area (Å²) in [4.78, 5) is 10.2. The molecule has 2 rings (SSSR count). The molecular formula is C14H11BF3IO4. The molecule has 0 spiro atoms. The molecule has 0 saturated carbocycles. The zero-order valence-corrected chi connectivity index (χ0v) is 13.7. The minimum absolute atomic E-state index is 0.192. The maximum Gasteiger partial charge on any atom is 0.573 e. The normalized spacial score (nSPS) is 10.3. The van der Waals surface area contributed by atoms with Gasteiger partial charge in [-0.3, -0.25) is 4.79 Å². The second kappa shape index (κ2) is 8.89. The molecule has 0 radical (unpaired) electrons. The monoisotopic (exact) mass is 438 g/mol. The zero-order chi connectivity index (χ0) is 17.5. The van der Waals surface area contributed by atoms with Gasteiger partial charge in [0, 0.05) is 9.13 Å². The molecule has 0 fully saturated rings. The highest BCUT2D eigenvalue weighted by Gasteiger charge is 2.30. The lowest BCUT2D eigenvalue weighted by Gasteiger charge is -2.07. The zero-order valence-electron chi connectivity index (χ0n) is 11.5. The van der Waals surface area contributed by atoms with Gasteiger partial charge in [0.2, 0.25) is 0 Å². The van der Waals surface area contributed by atoms with Crippen LogP contribution in [0.5, 0.6) is 5.75 Å². The Balaban J connectivity index is 0.000000231. The van der Waals surface area contributed by atoms with Crippen LogP contribution in [0.4, 0.5) is 13.2 Å². The van der Waals surface area contributed by atoms with Crippen LogP contribution in [0.25, 0.3) is 0 Å². The van der Waals surface area contributed by atoms with Crippen LogP contribution >= 0.6 is 22.6 Å². The van der Waals surface area contributed by atoms with E-state index < -0.39 is 13.5 Å². The van der Waals surface area contributed by atoms with E-state index in [1.165, 1.54) is 36.4 Å². The van der Waals surface area contributed by atoms with Gasteiger partial charge in [-0.15, -0.1) is 13.2 Å². The third-order valence-electron chi connectivity index (χ3n) is 2.42. The Morgan fingerprint density at radius 1 is 1.00 bits per heavy atom. The molecule has 0 heterocycles. The van der Waals surface area contributed by atoms with E-state index in [0.29, 0.717) is 17.3 Å². The van der Waals surface area contributed by atoms with Crippen molar-refractivity contribution in [1.29, 1.82) is 0 Å². The topological polar surface area (TPSA) is 66.8 Å². The number of carbonyl (C=O) groups excluding carboxylic acids is 1. The highest BCUT2D eigenvalue weighted by Crippen LogP contribution is 2.22. The fourth-order valence-electron chi connectivity index (χ4n) is 1.38. The minimum atomic E-state index is -4.60. The Kier molecular flexibility index (Phi) is 7.53. The van der Waals surface area contributed by atoms with Gasteiger partial charge >= 0.3 is 13.5 Å². The van der Waals surface area contributed by atoms with Gasteiger partial charge in [-0.2, -0.15) is 0 Å². The van der Waals surface area contributed by atoms with Crippen molar-refractivity contribution in [1.82, 2.24) is 0 Å². The molecule has 2 aromatic carbocycles. The molecule has 0 aliphatic carbocycles. The van der Waals surface area contributed by atoms with E-state index in [1.807, 2.05) is 22.6 Å². The molecule has 2 N–H and O–H groups in total. The molecule has 9 heteroatoms. The van der Waals surface area contributed by atoms with Gasteiger partial charge in [-0.05, 0) is 52.3 Å². The van der Waals surface area contributed by atoms with Crippen molar-refractivity contribution in [2.75, 3.05) is 0 Å². The Labute approximate surface area is 144 Å². The Morgan fingerprint density at radius 2 is 1.52 bits per heavy atom. The average molecular weight is 438 g/mol. The van der Waals surface area contributed by atoms with Gasteiger partial charge in [-0.1, -0.05) is 24.3 Å². The van der Waals surface area contributed by atoms with Crippen LogP contribution in [-0.4, -0.2) is 29.8 Å². The Bertz CT molecular complexity index is 615. The van der Waals surface area contributed by atoms with Crippen LogP contribution in [0.2, 0.25) is 0 Å². The van der Waals surface area contributed by atoms with Crippen molar-refractivity contribution in [3.05, 3.63) is 57.7 Å². The Hall–Kier alpha value is -1.59. The first-order valence-corrected chi connectivity index (χ1v) is 7.22. The molecule has 0 aliphatic heterocycles. The summed E-state index contributed by atoms with van der Waals surface area (Å²) in [6.45, 7) is 0. The summed E-state index contributed by atoms with van der Waals surface area (Å²) in [5.74, 6) is -0.192. The van der Waals surface area contributed by atoms with E-state index in [9.17, 15) is 18.0 Å². The maximum absolute atomic E-state index is 11.6. The second-order valence-corrected chi connectivity index (χ2v) is 5.41. The van der Waals surface area contributed by atoms with Crippen LogP contribution in [0.1, 0.15) is 10.4 Å². The highest BCUT2D eigenvalue weighted by molar-refractivity contribution is 14.1. The number of carbonyl (C=O) groups is 1. The van der Waals surface area contributed by atoms with Crippen LogP contribution in [-0.2, 0) is 0 Å². The van der Waals surface area contributed by atoms with E-state index in [0.717, 1.165) is 3.57 Å². The smallest absolute Gasteiger partial charge is 0.423 e. The van der Waals surface area contributed by atoms with Gasteiger partial charge in [0.15, 0.2) is 0 Å². The van der Waals surface area contributed by atoms with Crippen molar-refractivity contribution in [2.45, 2.75) is 6.36 Å². The highest BCUT2D eigenvalue weighted by atomic mass is 127. The van der Waals surface area contributed by atoms with E-state index in [1.54, 1.807) is 12.1 Å². The number of benzene rings is 2. The summed E-state index contributed by atoms with van der Waals surface area (Å²) in [7, 11) is -1.46. The van der Waals surface area contributed by atoms with E-state index >= 15 is 0 Å². The molecule has 0 aliphatic rings. The fourth-order valence-corrected chi connectivity index (χ4v) is 1.74. The lowest BCUT2D eigenvalue weighted by Crippen LogP contribution is -2.29. The average Bonchev–Trinajstić information content (AvgIpc) is 2.49. The van der Waals surface area contributed by atoms with Crippen LogP contribution in [0, 0.1) is 3.57 Å². The molecule has 0 bridgehead atoms. The number of hydrogen-bond donors (Lipinski definition) is 2. The molecule has 23 heavy (non-hydrogen) atoms. The minimum Gasteiger partial charge on any atom is -0.423 e. The quantitative estimate of drug-likeness (QED) is 0.439. The summed E-state index contributed by atoms with van der Waals surface area (Å²) in [6, 6.07) is 11.7. The molecule has 0 atom stereocenters. The summed E-state index contributed by atoms with van der Waals surface area (Å²) < 4.78 is 39.4. The number of halogens is 4. The number of alkyl halides is 3. The van der Waals surface area contributed by atoms with Crippen molar-refractivity contribution < 1.29 is 32.8 Å². The number of hydrogen-bond acceptors (Lipinski definition) is 4. The first kappa shape index (κ1) is 19.5. The number of aldehydes is 1. The number of ether oxygens (including phenoxy) is 1. The van der Waals surface area contributed by atoms with Gasteiger partial charge in [0.05, 0.1) is 0 Å². The third-order valence-corrected chi connectivity index (χ3v) is 3.14. The molecule has 2 aromatic rings. The lowest BCUT2D eigenvalue weighted by molar-refractivity contribution is -0.274. The van der Waals surface area contributed by atoms with Crippen molar-refractivity contribution in [2.24, 2.45) is 0 Å². The van der Waals surface area contributed by atoms with Crippen LogP contribution in [0.15, 0.2) is 48.5 Å². The van der Waals surface area contributed by atoms with Crippen LogP contribution < -0.4 is 10.2 Å². The molecule has 0 saturated heterocycles. The van der Waals surface area contributed by atoms with Crippen molar-refractivity contribution >= 4 is 41.5 Å². The first-order valence-electron chi connectivity index (χ1n) is 6.14. The summed E-state index contributed by atoms with van der Waals surface area (Å²) >= 11 is 2.00. The van der Waals surface area contributed by atoms with Gasteiger partial charge < -0.3 is 14.8 Å². The summed E-state index contributed by atoms with van der Waals surface area (Å²) in [6.07, 6.45) is -3.90. The van der Waals surface area contributed by atoms with Gasteiger partial charge in [-0.25, -0.2) is 0 Å². The molecule has 4 nitrogen and oxygen atoms in total. The molecular weight excluding hydrogens is 427 g/mol.